The summed E-state index contributed by atoms with van der Waals surface area (Å²) in [5.41, 5.74) is 1.91. The summed E-state index contributed by atoms with van der Waals surface area (Å²) in [4.78, 5) is 27.9. The molecule has 8 nitrogen and oxygen atoms in total. The van der Waals surface area contributed by atoms with E-state index in [2.05, 4.69) is 20.9 Å². The predicted molar refractivity (Wildman–Crippen MR) is 123 cm³/mol. The second kappa shape index (κ2) is 10.6. The molecule has 1 heterocycles. The van der Waals surface area contributed by atoms with Gasteiger partial charge in [-0.05, 0) is 42.3 Å². The van der Waals surface area contributed by atoms with Crippen LogP contribution in [0, 0.1) is 12.7 Å². The Morgan fingerprint density at radius 1 is 1.12 bits per heavy atom. The highest BCUT2D eigenvalue weighted by Gasteiger charge is 2.12. The van der Waals surface area contributed by atoms with E-state index in [1.165, 1.54) is 44.6 Å². The number of ether oxygens (including phenoxy) is 2. The molecule has 0 saturated carbocycles. The number of rotatable bonds is 7. The maximum Gasteiger partial charge on any atom is 0.319 e. The highest BCUT2D eigenvalue weighted by Crippen LogP contribution is 2.31. The normalized spacial score (nSPS) is 10.3. The summed E-state index contributed by atoms with van der Waals surface area (Å²) in [5.74, 6) is -0.349. The van der Waals surface area contributed by atoms with Gasteiger partial charge >= 0.3 is 6.03 Å². The molecule has 172 valence electrons. The van der Waals surface area contributed by atoms with Crippen LogP contribution in [0.5, 0.6) is 17.2 Å². The van der Waals surface area contributed by atoms with E-state index < -0.39 is 11.8 Å². The third kappa shape index (κ3) is 6.11. The van der Waals surface area contributed by atoms with Crippen LogP contribution < -0.4 is 25.4 Å². The van der Waals surface area contributed by atoms with Gasteiger partial charge in [-0.25, -0.2) is 9.18 Å². The van der Waals surface area contributed by atoms with Crippen molar-refractivity contribution in [3.05, 3.63) is 76.3 Å². The van der Waals surface area contributed by atoms with Gasteiger partial charge < -0.3 is 25.4 Å². The zero-order chi connectivity index (χ0) is 24.0. The Morgan fingerprint density at radius 2 is 1.91 bits per heavy atom. The molecule has 0 aliphatic heterocycles. The first-order valence-corrected chi connectivity index (χ1v) is 10.2. The van der Waals surface area contributed by atoms with Gasteiger partial charge in [0.2, 0.25) is 0 Å². The molecular formula is C23H22ClFN4O4. The number of carbonyl (C=O) groups is 2. The first-order valence-electron chi connectivity index (χ1n) is 9.84. The number of urea groups is 1. The third-order valence-electron chi connectivity index (χ3n) is 4.60. The monoisotopic (exact) mass is 472 g/mol. The second-order valence-corrected chi connectivity index (χ2v) is 7.34. The number of halogens is 2. The summed E-state index contributed by atoms with van der Waals surface area (Å²) < 4.78 is 25.3. The molecule has 0 spiro atoms. The average Bonchev–Trinajstić information content (AvgIpc) is 2.81. The largest absolute Gasteiger partial charge is 0.495 e. The summed E-state index contributed by atoms with van der Waals surface area (Å²) in [6.07, 6.45) is 1.39. The summed E-state index contributed by atoms with van der Waals surface area (Å²) >= 11 is 6.07. The van der Waals surface area contributed by atoms with Crippen LogP contribution in [-0.4, -0.2) is 31.1 Å². The van der Waals surface area contributed by atoms with Gasteiger partial charge in [-0.2, -0.15) is 0 Å². The molecule has 0 radical (unpaired) electrons. The minimum absolute atomic E-state index is 0.0290. The maximum atomic E-state index is 14.5. The second-order valence-electron chi connectivity index (χ2n) is 6.93. The molecule has 3 rings (SSSR count). The van der Waals surface area contributed by atoms with Gasteiger partial charge in [0, 0.05) is 36.9 Å². The molecule has 0 aliphatic carbocycles. The molecule has 0 fully saturated rings. The number of nitrogens with zero attached hydrogens (tertiary/aromatic N) is 1. The smallest absolute Gasteiger partial charge is 0.319 e. The lowest BCUT2D eigenvalue weighted by Crippen LogP contribution is -2.28. The summed E-state index contributed by atoms with van der Waals surface area (Å²) in [5, 5.41) is 8.32. The third-order valence-corrected chi connectivity index (χ3v) is 5.00. The van der Waals surface area contributed by atoms with Gasteiger partial charge in [-0.15, -0.1) is 0 Å². The van der Waals surface area contributed by atoms with Crippen LogP contribution in [-0.2, 0) is 6.54 Å². The summed E-state index contributed by atoms with van der Waals surface area (Å²) in [7, 11) is 2.96. The van der Waals surface area contributed by atoms with Crippen LogP contribution in [0.15, 0.2) is 48.7 Å². The van der Waals surface area contributed by atoms with Crippen LogP contribution in [0.1, 0.15) is 21.6 Å². The number of aromatic nitrogens is 1. The van der Waals surface area contributed by atoms with Crippen molar-refractivity contribution in [2.45, 2.75) is 13.5 Å². The van der Waals surface area contributed by atoms with Gasteiger partial charge in [0.05, 0.1) is 12.8 Å². The van der Waals surface area contributed by atoms with E-state index in [9.17, 15) is 14.0 Å². The number of benzene rings is 2. The van der Waals surface area contributed by atoms with E-state index in [0.29, 0.717) is 22.0 Å². The minimum Gasteiger partial charge on any atom is -0.495 e. The molecule has 3 N–H and O–H groups in total. The van der Waals surface area contributed by atoms with Crippen molar-refractivity contribution in [3.8, 4) is 17.2 Å². The number of pyridine rings is 1. The lowest BCUT2D eigenvalue weighted by molar-refractivity contribution is 0.0958. The number of nitrogens with one attached hydrogen (secondary N) is 3. The van der Waals surface area contributed by atoms with Gasteiger partial charge in [0.15, 0.2) is 11.6 Å². The number of hydrogen-bond donors (Lipinski definition) is 3. The summed E-state index contributed by atoms with van der Waals surface area (Å²) in [6, 6.07) is 10.0. The number of hydrogen-bond acceptors (Lipinski definition) is 5. The van der Waals surface area contributed by atoms with Crippen molar-refractivity contribution in [1.82, 2.24) is 15.6 Å². The zero-order valence-corrected chi connectivity index (χ0v) is 18.9. The Balaban J connectivity index is 1.62. The fourth-order valence-electron chi connectivity index (χ4n) is 2.87. The Kier molecular flexibility index (Phi) is 7.68. The Bertz CT molecular complexity index is 1190. The minimum atomic E-state index is -0.622. The van der Waals surface area contributed by atoms with Crippen molar-refractivity contribution < 1.29 is 23.5 Å². The van der Waals surface area contributed by atoms with Gasteiger partial charge in [0.1, 0.15) is 17.2 Å². The number of anilines is 1. The fourth-order valence-corrected chi connectivity index (χ4v) is 3.02. The molecule has 2 aromatic carbocycles. The van der Waals surface area contributed by atoms with Gasteiger partial charge in [-0.1, -0.05) is 17.7 Å². The Morgan fingerprint density at radius 3 is 2.61 bits per heavy atom. The highest BCUT2D eigenvalue weighted by molar-refractivity contribution is 6.31. The number of amides is 3. The van der Waals surface area contributed by atoms with Crippen molar-refractivity contribution in [2.24, 2.45) is 0 Å². The van der Waals surface area contributed by atoms with Gasteiger partial charge in [0.25, 0.3) is 5.91 Å². The predicted octanol–water partition coefficient (Wildman–Crippen LogP) is 4.66. The highest BCUT2D eigenvalue weighted by atomic mass is 35.5. The summed E-state index contributed by atoms with van der Waals surface area (Å²) in [6.45, 7) is 1.89. The van der Waals surface area contributed by atoms with Crippen LogP contribution in [0.2, 0.25) is 5.02 Å². The quantitative estimate of drug-likeness (QED) is 0.464. The topological polar surface area (TPSA) is 102 Å². The van der Waals surface area contributed by atoms with Crippen LogP contribution in [0.3, 0.4) is 0 Å². The van der Waals surface area contributed by atoms with Crippen LogP contribution >= 0.6 is 11.6 Å². The van der Waals surface area contributed by atoms with E-state index in [4.69, 9.17) is 21.1 Å². The van der Waals surface area contributed by atoms with Crippen molar-refractivity contribution >= 4 is 29.2 Å². The Hall–Kier alpha value is -3.85. The molecule has 10 heteroatoms. The van der Waals surface area contributed by atoms with E-state index in [-0.39, 0.29) is 29.6 Å². The lowest BCUT2D eigenvalue weighted by atomic mass is 10.2. The fraction of sp³-hybridized carbons (Fsp3) is 0.174. The lowest BCUT2D eigenvalue weighted by Gasteiger charge is -2.13. The molecular weight excluding hydrogens is 451 g/mol. The molecule has 1 aromatic heterocycles. The molecule has 33 heavy (non-hydrogen) atoms. The standard InChI is InChI=1S/C23H22ClFN4O4/c1-13-8-18(21(32-3)11-16(13)24)29-23(31)28-12-14-4-5-20(17(25)9-14)33-15-6-7-27-19(10-15)22(30)26-2/h4-11H,12H2,1-3H3,(H,26,30)(H2,28,29,31). The number of carbonyl (C=O) groups excluding carboxylic acids is 2. The van der Waals surface area contributed by atoms with Gasteiger partial charge in [-0.3, -0.25) is 9.78 Å². The van der Waals surface area contributed by atoms with E-state index in [1.807, 2.05) is 6.92 Å². The van der Waals surface area contributed by atoms with Crippen molar-refractivity contribution in [1.29, 1.82) is 0 Å². The van der Waals surface area contributed by atoms with E-state index in [0.717, 1.165) is 5.56 Å². The zero-order valence-electron chi connectivity index (χ0n) is 18.2. The molecule has 0 unspecified atom stereocenters. The number of aryl methyl sites for hydroxylation is 1. The molecule has 0 bridgehead atoms. The van der Waals surface area contributed by atoms with Crippen LogP contribution in [0.25, 0.3) is 0 Å². The SMILES string of the molecule is CNC(=O)c1cc(Oc2ccc(CNC(=O)Nc3cc(C)c(Cl)cc3OC)cc2F)ccn1. The Labute approximate surface area is 195 Å². The molecule has 0 saturated heterocycles. The molecule has 3 aromatic rings. The van der Waals surface area contributed by atoms with E-state index >= 15 is 0 Å². The average molecular weight is 473 g/mol. The van der Waals surface area contributed by atoms with E-state index in [1.54, 1.807) is 18.2 Å². The van der Waals surface area contributed by atoms with Crippen molar-refractivity contribution in [3.63, 3.8) is 0 Å². The van der Waals surface area contributed by atoms with Crippen molar-refractivity contribution in [2.75, 3.05) is 19.5 Å². The maximum absolute atomic E-state index is 14.5. The first-order chi connectivity index (χ1) is 15.8. The first kappa shape index (κ1) is 23.8. The molecule has 0 aliphatic rings. The molecule has 3 amide bonds. The number of methoxy groups -OCH3 is 1. The molecule has 0 atom stereocenters. The van der Waals surface area contributed by atoms with Crippen LogP contribution in [0.4, 0.5) is 14.9 Å².